The van der Waals surface area contributed by atoms with Gasteiger partial charge >= 0.3 is 5.97 Å². The van der Waals surface area contributed by atoms with Crippen LogP contribution in [-0.4, -0.2) is 42.5 Å². The summed E-state index contributed by atoms with van der Waals surface area (Å²) in [5, 5.41) is 9.68. The molecule has 7 nitrogen and oxygen atoms in total. The molecule has 0 fully saturated rings. The Kier molecular flexibility index (Phi) is 7.81. The van der Waals surface area contributed by atoms with Crippen LogP contribution >= 0.6 is 39.0 Å². The lowest BCUT2D eigenvalue weighted by Gasteiger charge is -2.16. The van der Waals surface area contributed by atoms with E-state index in [2.05, 4.69) is 25.6 Å². The molecular weight excluding hydrogens is 476 g/mol. The summed E-state index contributed by atoms with van der Waals surface area (Å²) in [6.07, 6.45) is 2.81. The van der Waals surface area contributed by atoms with E-state index in [0.29, 0.717) is 22.2 Å². The van der Waals surface area contributed by atoms with Gasteiger partial charge < -0.3 is 5.11 Å². The lowest BCUT2D eigenvalue weighted by Crippen LogP contribution is -2.41. The molecule has 2 aromatic rings. The Balaban J connectivity index is 2.61. The van der Waals surface area contributed by atoms with Crippen molar-refractivity contribution in [2.24, 2.45) is 0 Å². The van der Waals surface area contributed by atoms with Gasteiger partial charge in [-0.15, -0.1) is 11.3 Å². The Morgan fingerprint density at radius 3 is 2.74 bits per heavy atom. The summed E-state index contributed by atoms with van der Waals surface area (Å²) in [5.74, 6) is -0.761. The molecule has 0 aliphatic rings. The van der Waals surface area contributed by atoms with Crippen LogP contribution in [0.5, 0.6) is 0 Å². The summed E-state index contributed by atoms with van der Waals surface area (Å²) in [5.41, 5.74) is -0.220. The van der Waals surface area contributed by atoms with Gasteiger partial charge in [0.05, 0.1) is 5.39 Å². The van der Waals surface area contributed by atoms with Crippen LogP contribution in [0.2, 0.25) is 0 Å². The largest absolute Gasteiger partial charge is 0.480 e. The van der Waals surface area contributed by atoms with E-state index < -0.39 is 22.0 Å². The molecule has 0 aromatic carbocycles. The monoisotopic (exact) mass is 494 g/mol. The highest BCUT2D eigenvalue weighted by atomic mass is 79.9. The summed E-state index contributed by atoms with van der Waals surface area (Å²) in [6.45, 7) is 1.84. The Bertz CT molecular complexity index is 1010. The van der Waals surface area contributed by atoms with Gasteiger partial charge in [0.1, 0.15) is 19.7 Å². The van der Waals surface area contributed by atoms with Crippen molar-refractivity contribution in [3.8, 4) is 0 Å². The van der Waals surface area contributed by atoms with Crippen LogP contribution in [0.4, 0.5) is 0 Å². The Morgan fingerprint density at radius 1 is 1.44 bits per heavy atom. The lowest BCUT2D eigenvalue weighted by molar-refractivity contribution is -0.139. The molecule has 0 radical (unpaired) electrons. The molecule has 2 rings (SSSR count). The van der Waals surface area contributed by atoms with Crippen molar-refractivity contribution >= 4 is 65.2 Å². The zero-order chi connectivity index (χ0) is 20.2. The summed E-state index contributed by atoms with van der Waals surface area (Å²) in [6, 6.07) is 1.97. The van der Waals surface area contributed by atoms with Crippen molar-refractivity contribution in [2.75, 3.05) is 12.0 Å². The first-order valence-electron chi connectivity index (χ1n) is 8.07. The first-order chi connectivity index (χ1) is 12.7. The zero-order valence-electron chi connectivity index (χ0n) is 14.7. The van der Waals surface area contributed by atoms with E-state index in [1.54, 1.807) is 12.1 Å². The molecule has 0 unspecified atom stereocenters. The van der Waals surface area contributed by atoms with Gasteiger partial charge in [-0.05, 0) is 52.9 Å². The van der Waals surface area contributed by atoms with Crippen molar-refractivity contribution < 1.29 is 18.3 Å². The Labute approximate surface area is 173 Å². The van der Waals surface area contributed by atoms with E-state index in [9.17, 15) is 23.1 Å². The second-order valence-electron chi connectivity index (χ2n) is 5.73. The second-order valence-corrected chi connectivity index (χ2v) is 10.4. The second kappa shape index (κ2) is 9.46. The average Bonchev–Trinajstić information content (AvgIpc) is 2.60. The summed E-state index contributed by atoms with van der Waals surface area (Å²) < 4.78 is 28.4. The molecule has 1 atom stereocenters. The summed E-state index contributed by atoms with van der Waals surface area (Å²) in [4.78, 5) is 28.7. The molecule has 2 aromatic heterocycles. The normalized spacial score (nSPS) is 13.0. The van der Waals surface area contributed by atoms with E-state index in [-0.39, 0.29) is 32.9 Å². The van der Waals surface area contributed by atoms with Gasteiger partial charge in [-0.2, -0.15) is 16.5 Å². The van der Waals surface area contributed by atoms with E-state index >= 15 is 0 Å². The number of rotatable bonds is 9. The molecule has 0 aliphatic carbocycles. The topological polar surface area (TPSA) is 113 Å². The molecule has 0 saturated heterocycles. The third-order valence-electron chi connectivity index (χ3n) is 3.73. The van der Waals surface area contributed by atoms with E-state index in [1.165, 1.54) is 11.8 Å². The fourth-order valence-corrected chi connectivity index (χ4v) is 6.31. The van der Waals surface area contributed by atoms with Gasteiger partial charge in [0.25, 0.3) is 10.0 Å². The number of sulfonamides is 1. The minimum atomic E-state index is -4.19. The molecule has 0 saturated carbocycles. The molecule has 0 bridgehead atoms. The molecule has 2 heterocycles. The number of pyridine rings is 1. The number of aliphatic carboxylic acids is 1. The molecule has 2 N–H and O–H groups in total. The Hall–Kier alpha value is -1.01. The third-order valence-corrected chi connectivity index (χ3v) is 7.99. The maximum absolute atomic E-state index is 12.9. The molecular formula is C16H19BrN2O5S3. The van der Waals surface area contributed by atoms with E-state index in [0.717, 1.165) is 11.3 Å². The number of nitrogens with zero attached hydrogens (tertiary/aromatic N) is 1. The minimum absolute atomic E-state index is 0.144. The van der Waals surface area contributed by atoms with Crippen LogP contribution in [0.1, 0.15) is 25.3 Å². The highest BCUT2D eigenvalue weighted by molar-refractivity contribution is 9.10. The molecule has 27 heavy (non-hydrogen) atoms. The van der Waals surface area contributed by atoms with Gasteiger partial charge in [0.2, 0.25) is 0 Å². The number of nitrogens with one attached hydrogen (secondary N) is 1. The quantitative estimate of drug-likeness (QED) is 0.515. The van der Waals surface area contributed by atoms with Crippen molar-refractivity contribution in [2.45, 2.75) is 36.4 Å². The number of fused-ring (bicyclic) bond motifs is 1. The minimum Gasteiger partial charge on any atom is -0.480 e. The number of carboxylic acids is 1. The lowest BCUT2D eigenvalue weighted by atomic mass is 10.1. The number of carboxylic acid groups (broad SMARTS) is 1. The van der Waals surface area contributed by atoms with Gasteiger partial charge in [0.15, 0.2) is 5.43 Å². The zero-order valence-corrected chi connectivity index (χ0v) is 18.7. The number of hydrogen-bond acceptors (Lipinski definition) is 7. The number of carbonyl (C=O) groups is 1. The highest BCUT2D eigenvalue weighted by Crippen LogP contribution is 2.27. The van der Waals surface area contributed by atoms with Crippen molar-refractivity contribution in [3.05, 3.63) is 32.5 Å². The predicted molar refractivity (Wildman–Crippen MR) is 112 cm³/mol. The van der Waals surface area contributed by atoms with Crippen LogP contribution in [0, 0.1) is 0 Å². The molecule has 0 aliphatic heterocycles. The first-order valence-corrected chi connectivity index (χ1v) is 12.6. The predicted octanol–water partition coefficient (Wildman–Crippen LogP) is 2.86. The van der Waals surface area contributed by atoms with Crippen LogP contribution < -0.4 is 10.2 Å². The molecule has 0 amide bonds. The number of thioether (sulfide) groups is 1. The van der Waals surface area contributed by atoms with E-state index in [1.807, 2.05) is 13.2 Å². The smallest absolute Gasteiger partial charge is 0.321 e. The van der Waals surface area contributed by atoms with Crippen LogP contribution in [0.25, 0.3) is 10.2 Å². The van der Waals surface area contributed by atoms with Crippen molar-refractivity contribution in [3.63, 3.8) is 0 Å². The van der Waals surface area contributed by atoms with Crippen molar-refractivity contribution in [1.82, 2.24) is 9.71 Å². The Morgan fingerprint density at radius 2 is 2.15 bits per heavy atom. The van der Waals surface area contributed by atoms with Crippen molar-refractivity contribution in [1.29, 1.82) is 0 Å². The molecule has 11 heteroatoms. The summed E-state index contributed by atoms with van der Waals surface area (Å²) in [7, 11) is -4.19. The fraction of sp³-hybridized carbons (Fsp3) is 0.438. The van der Waals surface area contributed by atoms with Crippen LogP contribution in [-0.2, 0) is 21.2 Å². The number of halogens is 1. The maximum atomic E-state index is 12.9. The maximum Gasteiger partial charge on any atom is 0.321 e. The number of aromatic nitrogens is 1. The van der Waals surface area contributed by atoms with Crippen LogP contribution in [0.3, 0.4) is 0 Å². The van der Waals surface area contributed by atoms with Gasteiger partial charge in [-0.3, -0.25) is 9.59 Å². The SMILES string of the molecule is CCCc1c(S(=O)(=O)N[C@@H](CCSC)C(=O)O)sc2nc(Br)ccc2c1=O. The van der Waals surface area contributed by atoms with E-state index in [4.69, 9.17) is 0 Å². The first kappa shape index (κ1) is 22.3. The fourth-order valence-electron chi connectivity index (χ4n) is 2.47. The third kappa shape index (κ3) is 5.29. The number of hydrogen-bond donors (Lipinski definition) is 2. The average molecular weight is 495 g/mol. The van der Waals surface area contributed by atoms with Gasteiger partial charge in [-0.25, -0.2) is 13.4 Å². The van der Waals surface area contributed by atoms with Crippen LogP contribution in [0.15, 0.2) is 25.7 Å². The molecule has 148 valence electrons. The standard InChI is InChI=1S/C16H19BrN2O5S3/c1-3-4-10-13(20)9-5-6-12(17)18-14(9)26-16(10)27(23,24)19-11(15(21)22)7-8-25-2/h5-6,11,19H,3-4,7-8H2,1-2H3,(H,21,22)/t11-/m0/s1. The van der Waals surface area contributed by atoms with Gasteiger partial charge in [0, 0.05) is 5.56 Å². The molecule has 0 spiro atoms. The van der Waals surface area contributed by atoms with Gasteiger partial charge in [-0.1, -0.05) is 13.3 Å². The highest BCUT2D eigenvalue weighted by Gasteiger charge is 2.29. The summed E-state index contributed by atoms with van der Waals surface area (Å²) >= 11 is 5.52.